The lowest BCUT2D eigenvalue weighted by atomic mass is 10.1. The van der Waals surface area contributed by atoms with Crippen molar-refractivity contribution in [3.8, 4) is 0 Å². The largest absolute Gasteiger partial charge is 0.369 e. The molecule has 2 aromatic rings. The van der Waals surface area contributed by atoms with Crippen molar-refractivity contribution in [2.45, 2.75) is 26.5 Å². The Balaban J connectivity index is 2.37. The number of hydrogen-bond donors (Lipinski definition) is 1. The third-order valence-electron chi connectivity index (χ3n) is 3.73. The molecule has 0 saturated heterocycles. The van der Waals surface area contributed by atoms with Crippen molar-refractivity contribution in [3.63, 3.8) is 0 Å². The summed E-state index contributed by atoms with van der Waals surface area (Å²) in [7, 11) is 0. The Morgan fingerprint density at radius 2 is 1.88 bits per heavy atom. The highest BCUT2D eigenvalue weighted by molar-refractivity contribution is 5.99. The summed E-state index contributed by atoms with van der Waals surface area (Å²) < 4.78 is 18.5. The minimum Gasteiger partial charge on any atom is -0.369 e. The van der Waals surface area contributed by atoms with Gasteiger partial charge in [0.2, 0.25) is 5.91 Å². The number of nitrogens with zero attached hydrogens (tertiary/aromatic N) is 1. The number of hydrogen-bond acceptors (Lipinski definition) is 3. The van der Waals surface area contributed by atoms with E-state index < -0.39 is 12.0 Å². The summed E-state index contributed by atoms with van der Waals surface area (Å²) in [4.78, 5) is 25.7. The third-order valence-corrected chi connectivity index (χ3v) is 3.73. The van der Waals surface area contributed by atoms with Gasteiger partial charge in [0.05, 0.1) is 6.54 Å². The monoisotopic (exact) mass is 344 g/mol. The van der Waals surface area contributed by atoms with Crippen LogP contribution in [-0.2, 0) is 16.1 Å². The van der Waals surface area contributed by atoms with E-state index in [0.717, 1.165) is 5.56 Å². The number of anilines is 1. The summed E-state index contributed by atoms with van der Waals surface area (Å²) in [5.41, 5.74) is 6.91. The molecule has 0 saturated carbocycles. The molecule has 0 aliphatic rings. The molecule has 132 valence electrons. The van der Waals surface area contributed by atoms with Crippen molar-refractivity contribution in [2.75, 3.05) is 11.5 Å². The van der Waals surface area contributed by atoms with Gasteiger partial charge in [0, 0.05) is 17.9 Å². The minimum absolute atomic E-state index is 0.221. The highest BCUT2D eigenvalue weighted by Gasteiger charge is 2.23. The molecule has 0 heterocycles. The van der Waals surface area contributed by atoms with E-state index in [4.69, 9.17) is 10.5 Å². The van der Waals surface area contributed by atoms with Crippen LogP contribution in [0.5, 0.6) is 0 Å². The van der Waals surface area contributed by atoms with Crippen LogP contribution in [0.15, 0.2) is 48.5 Å². The first-order chi connectivity index (χ1) is 11.9. The quantitative estimate of drug-likeness (QED) is 0.839. The molecule has 0 aliphatic carbocycles. The fraction of sp³-hybridized carbons (Fsp3) is 0.263. The lowest BCUT2D eigenvalue weighted by Gasteiger charge is -2.26. The number of primary amides is 1. The number of halogens is 1. The Morgan fingerprint density at radius 3 is 2.48 bits per heavy atom. The normalized spacial score (nSPS) is 11.8. The third kappa shape index (κ3) is 4.87. The standard InChI is InChI=1S/C19H21FN2O3/c1-3-25-13(2)19(24)22(12-14-7-9-16(20)10-8-14)17-6-4-5-15(11-17)18(21)23/h4-11,13H,3,12H2,1-2H3,(H2,21,23). The first-order valence-corrected chi connectivity index (χ1v) is 7.99. The van der Waals surface area contributed by atoms with Crippen LogP contribution in [0, 0.1) is 5.82 Å². The van der Waals surface area contributed by atoms with Gasteiger partial charge in [-0.25, -0.2) is 4.39 Å². The van der Waals surface area contributed by atoms with Crippen LogP contribution in [-0.4, -0.2) is 24.5 Å². The van der Waals surface area contributed by atoms with E-state index in [1.54, 1.807) is 43.3 Å². The van der Waals surface area contributed by atoms with Gasteiger partial charge in [0.1, 0.15) is 11.9 Å². The van der Waals surface area contributed by atoms with Gasteiger partial charge in [-0.05, 0) is 49.7 Å². The molecule has 0 aromatic heterocycles. The van der Waals surface area contributed by atoms with Gasteiger partial charge in [-0.15, -0.1) is 0 Å². The molecular weight excluding hydrogens is 323 g/mol. The van der Waals surface area contributed by atoms with Crippen LogP contribution in [0.1, 0.15) is 29.8 Å². The van der Waals surface area contributed by atoms with Gasteiger partial charge in [0.25, 0.3) is 5.91 Å². The van der Waals surface area contributed by atoms with Gasteiger partial charge in [-0.2, -0.15) is 0 Å². The van der Waals surface area contributed by atoms with E-state index in [1.807, 2.05) is 6.92 Å². The summed E-state index contributed by atoms with van der Waals surface area (Å²) in [6.07, 6.45) is -0.650. The zero-order chi connectivity index (χ0) is 18.4. The van der Waals surface area contributed by atoms with Crippen molar-refractivity contribution in [1.29, 1.82) is 0 Å². The highest BCUT2D eigenvalue weighted by atomic mass is 19.1. The fourth-order valence-electron chi connectivity index (χ4n) is 2.44. The lowest BCUT2D eigenvalue weighted by Crippen LogP contribution is -2.39. The van der Waals surface area contributed by atoms with Crippen LogP contribution in [0.4, 0.5) is 10.1 Å². The smallest absolute Gasteiger partial charge is 0.256 e. The maximum absolute atomic E-state index is 13.1. The summed E-state index contributed by atoms with van der Waals surface area (Å²) >= 11 is 0. The molecular formula is C19H21FN2O3. The molecule has 2 rings (SSSR count). The maximum atomic E-state index is 13.1. The van der Waals surface area contributed by atoms with Crippen LogP contribution >= 0.6 is 0 Å². The Kier molecular flexibility index (Phi) is 6.25. The van der Waals surface area contributed by atoms with Crippen LogP contribution in [0.2, 0.25) is 0 Å². The van der Waals surface area contributed by atoms with E-state index in [-0.39, 0.29) is 18.3 Å². The molecule has 0 fully saturated rings. The van der Waals surface area contributed by atoms with Crippen molar-refractivity contribution in [1.82, 2.24) is 0 Å². The molecule has 6 heteroatoms. The molecule has 1 atom stereocenters. The van der Waals surface area contributed by atoms with E-state index >= 15 is 0 Å². The van der Waals surface area contributed by atoms with E-state index in [9.17, 15) is 14.0 Å². The second-order valence-electron chi connectivity index (χ2n) is 5.56. The number of benzene rings is 2. The number of carbonyl (C=O) groups is 2. The molecule has 25 heavy (non-hydrogen) atoms. The average Bonchev–Trinajstić information content (AvgIpc) is 2.61. The number of rotatable bonds is 7. The number of amides is 2. The topological polar surface area (TPSA) is 72.6 Å². The van der Waals surface area contributed by atoms with E-state index in [1.165, 1.54) is 17.0 Å². The first-order valence-electron chi connectivity index (χ1n) is 7.99. The average molecular weight is 344 g/mol. The molecule has 0 radical (unpaired) electrons. The fourth-order valence-corrected chi connectivity index (χ4v) is 2.44. The molecule has 2 aromatic carbocycles. The van der Waals surface area contributed by atoms with Crippen molar-refractivity contribution < 1.29 is 18.7 Å². The van der Waals surface area contributed by atoms with Gasteiger partial charge in [0.15, 0.2) is 0 Å². The predicted octanol–water partition coefficient (Wildman–Crippen LogP) is 2.88. The van der Waals surface area contributed by atoms with Gasteiger partial charge in [-0.3, -0.25) is 9.59 Å². The maximum Gasteiger partial charge on any atom is 0.256 e. The number of nitrogens with two attached hydrogens (primary N) is 1. The first kappa shape index (κ1) is 18.6. The lowest BCUT2D eigenvalue weighted by molar-refractivity contribution is -0.128. The Bertz CT molecular complexity index is 747. The summed E-state index contributed by atoms with van der Waals surface area (Å²) in [5, 5.41) is 0. The number of ether oxygens (including phenoxy) is 1. The van der Waals surface area contributed by atoms with Crippen LogP contribution < -0.4 is 10.6 Å². The Labute approximate surface area is 146 Å². The second kappa shape index (κ2) is 8.39. The Morgan fingerprint density at radius 1 is 1.20 bits per heavy atom. The predicted molar refractivity (Wildman–Crippen MR) is 93.6 cm³/mol. The summed E-state index contributed by atoms with van der Waals surface area (Å²) in [6, 6.07) is 12.4. The second-order valence-corrected chi connectivity index (χ2v) is 5.56. The van der Waals surface area contributed by atoms with Crippen LogP contribution in [0.25, 0.3) is 0 Å². The zero-order valence-corrected chi connectivity index (χ0v) is 14.2. The highest BCUT2D eigenvalue weighted by Crippen LogP contribution is 2.21. The van der Waals surface area contributed by atoms with Gasteiger partial charge >= 0.3 is 0 Å². The molecule has 2 amide bonds. The molecule has 5 nitrogen and oxygen atoms in total. The summed E-state index contributed by atoms with van der Waals surface area (Å²) in [5.74, 6) is -1.18. The molecule has 0 spiro atoms. The minimum atomic E-state index is -0.650. The van der Waals surface area contributed by atoms with E-state index in [0.29, 0.717) is 17.9 Å². The SMILES string of the molecule is CCOC(C)C(=O)N(Cc1ccc(F)cc1)c1cccc(C(N)=O)c1. The molecule has 0 bridgehead atoms. The van der Waals surface area contributed by atoms with Crippen LogP contribution in [0.3, 0.4) is 0 Å². The summed E-state index contributed by atoms with van der Waals surface area (Å²) in [6.45, 7) is 4.10. The van der Waals surface area contributed by atoms with E-state index in [2.05, 4.69) is 0 Å². The Hall–Kier alpha value is -2.73. The van der Waals surface area contributed by atoms with Crippen molar-refractivity contribution in [2.24, 2.45) is 5.73 Å². The molecule has 2 N–H and O–H groups in total. The van der Waals surface area contributed by atoms with Gasteiger partial charge < -0.3 is 15.4 Å². The van der Waals surface area contributed by atoms with Crippen molar-refractivity contribution in [3.05, 3.63) is 65.5 Å². The molecule has 1 unspecified atom stereocenters. The van der Waals surface area contributed by atoms with Crippen molar-refractivity contribution >= 4 is 17.5 Å². The van der Waals surface area contributed by atoms with Gasteiger partial charge in [-0.1, -0.05) is 18.2 Å². The molecule has 0 aliphatic heterocycles. The number of carbonyl (C=O) groups excluding carboxylic acids is 2. The zero-order valence-electron chi connectivity index (χ0n) is 14.2.